The first-order valence-corrected chi connectivity index (χ1v) is 9.99. The Balaban J connectivity index is 1.56. The van der Waals surface area contributed by atoms with Crippen LogP contribution >= 0.6 is 11.8 Å². The van der Waals surface area contributed by atoms with Crippen LogP contribution in [0.5, 0.6) is 0 Å². The van der Waals surface area contributed by atoms with Crippen molar-refractivity contribution in [3.8, 4) is 0 Å². The second-order valence-corrected chi connectivity index (χ2v) is 9.16. The first-order chi connectivity index (χ1) is 10.4. The van der Waals surface area contributed by atoms with E-state index in [1.807, 2.05) is 31.2 Å². The molecule has 0 bridgehead atoms. The third kappa shape index (κ3) is 3.64. The molecule has 5 nitrogen and oxygen atoms in total. The molecule has 1 amide bonds. The molecule has 1 aliphatic heterocycles. The number of aryl methyl sites for hydroxylation is 1. The highest BCUT2D eigenvalue weighted by Crippen LogP contribution is 2.25. The minimum absolute atomic E-state index is 0.0468. The fraction of sp³-hybridized carbons (Fsp3) is 0.400. The Morgan fingerprint density at radius 2 is 2.23 bits per heavy atom. The fourth-order valence-corrected chi connectivity index (χ4v) is 6.08. The number of fused-ring (bicyclic) bond motifs is 1. The Morgan fingerprint density at radius 3 is 2.95 bits per heavy atom. The summed E-state index contributed by atoms with van der Waals surface area (Å²) in [6.45, 7) is 1.99. The molecule has 3 rings (SSSR count). The van der Waals surface area contributed by atoms with Gasteiger partial charge in [-0.3, -0.25) is 4.79 Å². The number of carbonyl (C=O) groups is 1. The summed E-state index contributed by atoms with van der Waals surface area (Å²) in [6, 6.07) is 7.76. The predicted octanol–water partition coefficient (Wildman–Crippen LogP) is 2.34. The number of hydrogen-bond acceptors (Lipinski definition) is 4. The highest BCUT2D eigenvalue weighted by molar-refractivity contribution is 8.02. The number of rotatable bonds is 4. The summed E-state index contributed by atoms with van der Waals surface area (Å²) >= 11 is 1.42. The lowest BCUT2D eigenvalue weighted by atomic mass is 10.2. The minimum Gasteiger partial charge on any atom is -0.359 e. The second kappa shape index (κ2) is 5.96. The summed E-state index contributed by atoms with van der Waals surface area (Å²) in [5, 5.41) is 3.97. The first kappa shape index (κ1) is 15.4. The summed E-state index contributed by atoms with van der Waals surface area (Å²) in [5.41, 5.74) is 2.88. The third-order valence-corrected chi connectivity index (χ3v) is 6.96. The van der Waals surface area contributed by atoms with Gasteiger partial charge in [0.2, 0.25) is 5.91 Å². The van der Waals surface area contributed by atoms with Crippen LogP contribution < -0.4 is 5.32 Å². The summed E-state index contributed by atoms with van der Waals surface area (Å²) in [5.74, 6) is 0.626. The van der Waals surface area contributed by atoms with Crippen molar-refractivity contribution in [1.29, 1.82) is 0 Å². The molecule has 1 atom stereocenters. The smallest absolute Gasteiger partial charge is 0.234 e. The van der Waals surface area contributed by atoms with Crippen LogP contribution in [-0.4, -0.2) is 41.8 Å². The number of thioether (sulfide) groups is 1. The van der Waals surface area contributed by atoms with Gasteiger partial charge in [0.05, 0.1) is 17.3 Å². The molecule has 2 heterocycles. The minimum atomic E-state index is -2.88. The van der Waals surface area contributed by atoms with Crippen molar-refractivity contribution in [3.05, 3.63) is 30.0 Å². The van der Waals surface area contributed by atoms with E-state index in [0.29, 0.717) is 6.42 Å². The average Bonchev–Trinajstić information content (AvgIpc) is 2.97. The molecule has 0 aliphatic carbocycles. The van der Waals surface area contributed by atoms with Gasteiger partial charge in [0.1, 0.15) is 0 Å². The molecule has 0 radical (unpaired) electrons. The molecule has 22 heavy (non-hydrogen) atoms. The molecule has 118 valence electrons. The molecule has 1 fully saturated rings. The number of carbonyl (C=O) groups excluding carboxylic acids is 1. The van der Waals surface area contributed by atoms with Crippen molar-refractivity contribution in [2.45, 2.75) is 18.6 Å². The van der Waals surface area contributed by atoms with Crippen LogP contribution in [0.4, 0.5) is 5.69 Å². The SMILES string of the molecule is Cc1cc2cc(NC(=O)CSC3CCS(=O)(=O)C3)ccc2[nH]1. The van der Waals surface area contributed by atoms with Crippen molar-refractivity contribution in [2.24, 2.45) is 0 Å². The number of H-pyrrole nitrogens is 1. The number of nitrogens with one attached hydrogen (secondary N) is 2. The summed E-state index contributed by atoms with van der Waals surface area (Å²) in [7, 11) is -2.88. The van der Waals surface area contributed by atoms with E-state index in [2.05, 4.69) is 10.3 Å². The van der Waals surface area contributed by atoms with E-state index >= 15 is 0 Å². The van der Waals surface area contributed by atoms with Crippen LogP contribution in [0.3, 0.4) is 0 Å². The van der Waals surface area contributed by atoms with Gasteiger partial charge in [-0.2, -0.15) is 0 Å². The number of hydrogen-bond donors (Lipinski definition) is 2. The number of benzene rings is 1. The monoisotopic (exact) mass is 338 g/mol. The van der Waals surface area contributed by atoms with Gasteiger partial charge in [0, 0.05) is 27.5 Å². The molecular weight excluding hydrogens is 320 g/mol. The molecule has 1 saturated heterocycles. The maximum Gasteiger partial charge on any atom is 0.234 e. The Labute approximate surface area is 133 Å². The number of anilines is 1. The topological polar surface area (TPSA) is 79.0 Å². The van der Waals surface area contributed by atoms with Gasteiger partial charge < -0.3 is 10.3 Å². The number of aromatic amines is 1. The van der Waals surface area contributed by atoms with Crippen molar-refractivity contribution in [2.75, 3.05) is 22.6 Å². The first-order valence-electron chi connectivity index (χ1n) is 7.12. The molecule has 1 unspecified atom stereocenters. The molecule has 0 spiro atoms. The number of amides is 1. The van der Waals surface area contributed by atoms with Crippen molar-refractivity contribution < 1.29 is 13.2 Å². The number of aromatic nitrogens is 1. The Kier molecular flexibility index (Phi) is 4.18. The maximum absolute atomic E-state index is 12.0. The van der Waals surface area contributed by atoms with E-state index in [0.717, 1.165) is 22.3 Å². The van der Waals surface area contributed by atoms with Gasteiger partial charge in [-0.25, -0.2) is 8.42 Å². The quantitative estimate of drug-likeness (QED) is 0.897. The number of sulfone groups is 1. The standard InChI is InChI=1S/C15H18N2O3S2/c1-10-6-11-7-12(2-3-14(11)16-10)17-15(18)8-21-13-4-5-22(19,20)9-13/h2-3,6-7,13,16H,4-5,8-9H2,1H3,(H,17,18). The Morgan fingerprint density at radius 1 is 1.41 bits per heavy atom. The van der Waals surface area contributed by atoms with Crippen LogP contribution in [-0.2, 0) is 14.6 Å². The van der Waals surface area contributed by atoms with Gasteiger partial charge in [-0.05, 0) is 37.6 Å². The normalized spacial score (nSPS) is 20.3. The lowest BCUT2D eigenvalue weighted by molar-refractivity contribution is -0.113. The molecule has 1 aromatic carbocycles. The lowest BCUT2D eigenvalue weighted by Crippen LogP contribution is -2.17. The lowest BCUT2D eigenvalue weighted by Gasteiger charge is -2.08. The summed E-state index contributed by atoms with van der Waals surface area (Å²) < 4.78 is 22.8. The average molecular weight is 338 g/mol. The molecule has 2 N–H and O–H groups in total. The van der Waals surface area contributed by atoms with E-state index in [4.69, 9.17) is 0 Å². The van der Waals surface area contributed by atoms with Gasteiger partial charge in [0.25, 0.3) is 0 Å². The molecule has 1 aromatic heterocycles. The largest absolute Gasteiger partial charge is 0.359 e. The van der Waals surface area contributed by atoms with Gasteiger partial charge in [0.15, 0.2) is 9.84 Å². The summed E-state index contributed by atoms with van der Waals surface area (Å²) in [6.07, 6.45) is 0.648. The molecule has 1 aliphatic rings. The third-order valence-electron chi connectivity index (χ3n) is 3.68. The van der Waals surface area contributed by atoms with Crippen LogP contribution in [0.1, 0.15) is 12.1 Å². The zero-order chi connectivity index (χ0) is 15.7. The zero-order valence-corrected chi connectivity index (χ0v) is 13.9. The fourth-order valence-electron chi connectivity index (χ4n) is 2.64. The van der Waals surface area contributed by atoms with Gasteiger partial charge >= 0.3 is 0 Å². The molecular formula is C15H18N2O3S2. The molecule has 0 saturated carbocycles. The van der Waals surface area contributed by atoms with Crippen molar-refractivity contribution >= 4 is 44.1 Å². The van der Waals surface area contributed by atoms with E-state index in [-0.39, 0.29) is 28.4 Å². The van der Waals surface area contributed by atoms with Gasteiger partial charge in [-0.15, -0.1) is 11.8 Å². The van der Waals surface area contributed by atoms with Crippen LogP contribution in [0, 0.1) is 6.92 Å². The second-order valence-electron chi connectivity index (χ2n) is 5.64. The van der Waals surface area contributed by atoms with Gasteiger partial charge in [-0.1, -0.05) is 0 Å². The maximum atomic E-state index is 12.0. The predicted molar refractivity (Wildman–Crippen MR) is 91.2 cm³/mol. The Hall–Kier alpha value is -1.47. The highest BCUT2D eigenvalue weighted by atomic mass is 32.2. The van der Waals surface area contributed by atoms with E-state index in [9.17, 15) is 13.2 Å². The van der Waals surface area contributed by atoms with Crippen LogP contribution in [0.2, 0.25) is 0 Å². The van der Waals surface area contributed by atoms with Crippen LogP contribution in [0.15, 0.2) is 24.3 Å². The molecule has 2 aromatic rings. The van der Waals surface area contributed by atoms with Crippen LogP contribution in [0.25, 0.3) is 10.9 Å². The van der Waals surface area contributed by atoms with Crippen molar-refractivity contribution in [3.63, 3.8) is 0 Å². The van der Waals surface area contributed by atoms with E-state index in [1.54, 1.807) is 0 Å². The van der Waals surface area contributed by atoms with Crippen molar-refractivity contribution in [1.82, 2.24) is 4.98 Å². The Bertz CT molecular complexity index is 811. The molecule has 7 heteroatoms. The highest BCUT2D eigenvalue weighted by Gasteiger charge is 2.28. The summed E-state index contributed by atoms with van der Waals surface area (Å²) in [4.78, 5) is 15.2. The van der Waals surface area contributed by atoms with E-state index < -0.39 is 9.84 Å². The van der Waals surface area contributed by atoms with E-state index in [1.165, 1.54) is 11.8 Å². The zero-order valence-electron chi connectivity index (χ0n) is 12.3.